The third-order valence-corrected chi connectivity index (χ3v) is 3.64. The molecule has 2 fully saturated rings. The van der Waals surface area contributed by atoms with E-state index in [4.69, 9.17) is 4.74 Å². The Morgan fingerprint density at radius 2 is 2.05 bits per heavy atom. The molecule has 108 valence electrons. The van der Waals surface area contributed by atoms with E-state index in [2.05, 4.69) is 10.2 Å². The molecule has 0 spiro atoms. The number of carbonyl (C=O) groups excluding carboxylic acids is 1. The monoisotopic (exact) mass is 270 g/mol. The minimum absolute atomic E-state index is 0.216. The van der Waals surface area contributed by atoms with Crippen LogP contribution in [-0.2, 0) is 9.53 Å². The maximum atomic E-state index is 11.7. The fourth-order valence-corrected chi connectivity index (χ4v) is 2.44. The highest BCUT2D eigenvalue weighted by Gasteiger charge is 2.33. The van der Waals surface area contributed by atoms with Crippen molar-refractivity contribution < 1.29 is 19.7 Å². The van der Waals surface area contributed by atoms with Crippen LogP contribution in [0.5, 0.6) is 0 Å². The van der Waals surface area contributed by atoms with E-state index in [0.717, 1.165) is 32.8 Å². The predicted molar refractivity (Wildman–Crippen MR) is 69.6 cm³/mol. The number of nitrogens with zero attached hydrogens (tertiary/aromatic N) is 1. The second kappa shape index (κ2) is 7.00. The SMILES string of the molecule is O=C(/C=C/CN1CCOCC1)N[C@@H]1CC[C@@H](O)[C@@H]1O. The first kappa shape index (κ1) is 14.5. The van der Waals surface area contributed by atoms with Gasteiger partial charge in [-0.15, -0.1) is 0 Å². The van der Waals surface area contributed by atoms with Crippen molar-refractivity contribution in [2.24, 2.45) is 0 Å². The van der Waals surface area contributed by atoms with E-state index in [-0.39, 0.29) is 11.9 Å². The smallest absolute Gasteiger partial charge is 0.244 e. The van der Waals surface area contributed by atoms with Crippen LogP contribution in [0, 0.1) is 0 Å². The summed E-state index contributed by atoms with van der Waals surface area (Å²) in [5.74, 6) is -0.216. The van der Waals surface area contributed by atoms with Gasteiger partial charge in [0.15, 0.2) is 0 Å². The van der Waals surface area contributed by atoms with Gasteiger partial charge in [0, 0.05) is 25.7 Å². The zero-order valence-corrected chi connectivity index (χ0v) is 11.0. The zero-order valence-electron chi connectivity index (χ0n) is 11.0. The number of aliphatic hydroxyl groups is 2. The number of hydrogen-bond donors (Lipinski definition) is 3. The summed E-state index contributed by atoms with van der Waals surface area (Å²) in [6, 6.07) is -0.337. The standard InChI is InChI=1S/C13H22N2O4/c16-11-4-3-10(13(11)18)14-12(17)2-1-5-15-6-8-19-9-7-15/h1-2,10-11,13,16,18H,3-9H2,(H,14,17)/b2-1+/t10-,11-,13-/m1/s1. The molecule has 1 aliphatic carbocycles. The molecule has 3 N–H and O–H groups in total. The Hall–Kier alpha value is -0.950. The van der Waals surface area contributed by atoms with Crippen molar-refractivity contribution in [3.05, 3.63) is 12.2 Å². The van der Waals surface area contributed by atoms with Crippen molar-refractivity contribution in [2.45, 2.75) is 31.1 Å². The molecule has 6 nitrogen and oxygen atoms in total. The second-order valence-electron chi connectivity index (χ2n) is 5.07. The Kier molecular flexibility index (Phi) is 5.33. The molecule has 6 heteroatoms. The van der Waals surface area contributed by atoms with Crippen LogP contribution < -0.4 is 5.32 Å². The summed E-state index contributed by atoms with van der Waals surface area (Å²) < 4.78 is 5.24. The Morgan fingerprint density at radius 3 is 2.68 bits per heavy atom. The molecule has 0 radical (unpaired) electrons. The Balaban J connectivity index is 1.68. The van der Waals surface area contributed by atoms with Gasteiger partial charge in [0.25, 0.3) is 0 Å². The van der Waals surface area contributed by atoms with Gasteiger partial charge in [-0.05, 0) is 12.8 Å². The molecule has 0 bridgehead atoms. The minimum Gasteiger partial charge on any atom is -0.390 e. The number of morpholine rings is 1. The number of carbonyl (C=O) groups is 1. The summed E-state index contributed by atoms with van der Waals surface area (Å²) >= 11 is 0. The van der Waals surface area contributed by atoms with Gasteiger partial charge in [-0.1, -0.05) is 6.08 Å². The van der Waals surface area contributed by atoms with Gasteiger partial charge in [-0.2, -0.15) is 0 Å². The minimum atomic E-state index is -0.850. The number of hydrogen-bond acceptors (Lipinski definition) is 5. The molecular weight excluding hydrogens is 248 g/mol. The Bertz CT molecular complexity index is 329. The Labute approximate surface area is 113 Å². The van der Waals surface area contributed by atoms with Crippen molar-refractivity contribution in [3.63, 3.8) is 0 Å². The van der Waals surface area contributed by atoms with E-state index < -0.39 is 12.2 Å². The lowest BCUT2D eigenvalue weighted by Crippen LogP contribution is -2.42. The van der Waals surface area contributed by atoms with Crippen molar-refractivity contribution >= 4 is 5.91 Å². The molecular formula is C13H22N2O4. The summed E-state index contributed by atoms with van der Waals surface area (Å²) in [7, 11) is 0. The molecule has 2 rings (SSSR count). The molecule has 2 aliphatic rings. The normalized spacial score (nSPS) is 32.8. The number of ether oxygens (including phenoxy) is 1. The lowest BCUT2D eigenvalue weighted by atomic mass is 10.2. The fourth-order valence-electron chi connectivity index (χ4n) is 2.44. The average Bonchev–Trinajstić information content (AvgIpc) is 2.72. The van der Waals surface area contributed by atoms with Gasteiger partial charge in [0.1, 0.15) is 6.10 Å². The molecule has 1 aliphatic heterocycles. The van der Waals surface area contributed by atoms with Gasteiger partial charge >= 0.3 is 0 Å². The molecule has 1 heterocycles. The molecule has 19 heavy (non-hydrogen) atoms. The molecule has 0 aromatic heterocycles. The maximum absolute atomic E-state index is 11.7. The van der Waals surface area contributed by atoms with E-state index in [9.17, 15) is 15.0 Å². The van der Waals surface area contributed by atoms with Crippen LogP contribution >= 0.6 is 0 Å². The first-order valence-electron chi connectivity index (χ1n) is 6.80. The third kappa shape index (κ3) is 4.28. The van der Waals surface area contributed by atoms with Crippen molar-refractivity contribution in [1.29, 1.82) is 0 Å². The highest BCUT2D eigenvalue weighted by Crippen LogP contribution is 2.19. The molecule has 3 atom stereocenters. The molecule has 0 aromatic carbocycles. The third-order valence-electron chi connectivity index (χ3n) is 3.64. The van der Waals surface area contributed by atoms with Gasteiger partial charge in [0.05, 0.1) is 25.4 Å². The van der Waals surface area contributed by atoms with Crippen LogP contribution in [0.4, 0.5) is 0 Å². The number of amides is 1. The number of rotatable bonds is 4. The first-order valence-corrected chi connectivity index (χ1v) is 6.80. The summed E-state index contributed by atoms with van der Waals surface area (Å²) in [6.07, 6.45) is 2.89. The van der Waals surface area contributed by atoms with Gasteiger partial charge < -0.3 is 20.3 Å². The van der Waals surface area contributed by atoms with Crippen LogP contribution in [-0.4, -0.2) is 72.1 Å². The van der Waals surface area contributed by atoms with E-state index in [1.165, 1.54) is 6.08 Å². The average molecular weight is 270 g/mol. The predicted octanol–water partition coefficient (Wildman–Crippen LogP) is -1.12. The number of aliphatic hydroxyl groups excluding tert-OH is 2. The van der Waals surface area contributed by atoms with E-state index in [0.29, 0.717) is 12.8 Å². The van der Waals surface area contributed by atoms with E-state index in [1.807, 2.05) is 6.08 Å². The second-order valence-corrected chi connectivity index (χ2v) is 5.07. The summed E-state index contributed by atoms with van der Waals surface area (Å²) in [4.78, 5) is 13.9. The lowest BCUT2D eigenvalue weighted by molar-refractivity contribution is -0.118. The summed E-state index contributed by atoms with van der Waals surface area (Å²) in [5, 5.41) is 21.7. The summed E-state index contributed by atoms with van der Waals surface area (Å²) in [6.45, 7) is 3.99. The highest BCUT2D eigenvalue weighted by atomic mass is 16.5. The van der Waals surface area contributed by atoms with Crippen molar-refractivity contribution in [2.75, 3.05) is 32.8 Å². The molecule has 1 saturated heterocycles. The molecule has 1 saturated carbocycles. The highest BCUT2D eigenvalue weighted by molar-refractivity contribution is 5.87. The van der Waals surface area contributed by atoms with Gasteiger partial charge in [0.2, 0.25) is 5.91 Å². The van der Waals surface area contributed by atoms with Crippen molar-refractivity contribution in [3.8, 4) is 0 Å². The van der Waals surface area contributed by atoms with Crippen LogP contribution in [0.15, 0.2) is 12.2 Å². The fraction of sp³-hybridized carbons (Fsp3) is 0.769. The molecule has 1 amide bonds. The lowest BCUT2D eigenvalue weighted by Gasteiger charge is -2.25. The van der Waals surface area contributed by atoms with E-state index >= 15 is 0 Å². The topological polar surface area (TPSA) is 82.0 Å². The molecule has 0 aromatic rings. The van der Waals surface area contributed by atoms with Crippen LogP contribution in [0.25, 0.3) is 0 Å². The quantitative estimate of drug-likeness (QED) is 0.564. The van der Waals surface area contributed by atoms with Crippen LogP contribution in [0.2, 0.25) is 0 Å². The largest absolute Gasteiger partial charge is 0.390 e. The Morgan fingerprint density at radius 1 is 1.32 bits per heavy atom. The van der Waals surface area contributed by atoms with Crippen LogP contribution in [0.1, 0.15) is 12.8 Å². The van der Waals surface area contributed by atoms with E-state index in [1.54, 1.807) is 0 Å². The maximum Gasteiger partial charge on any atom is 0.244 e. The zero-order chi connectivity index (χ0) is 13.7. The molecule has 0 unspecified atom stereocenters. The number of nitrogens with one attached hydrogen (secondary N) is 1. The van der Waals surface area contributed by atoms with Gasteiger partial charge in [-0.25, -0.2) is 0 Å². The van der Waals surface area contributed by atoms with Gasteiger partial charge in [-0.3, -0.25) is 9.69 Å². The van der Waals surface area contributed by atoms with Crippen molar-refractivity contribution in [1.82, 2.24) is 10.2 Å². The summed E-state index contributed by atoms with van der Waals surface area (Å²) in [5.41, 5.74) is 0. The first-order chi connectivity index (χ1) is 9.16. The van der Waals surface area contributed by atoms with Crippen LogP contribution in [0.3, 0.4) is 0 Å².